The average Bonchev–Trinajstić information content (AvgIpc) is 3.65. The third-order valence-corrected chi connectivity index (χ3v) is 12.5. The van der Waals surface area contributed by atoms with Crippen molar-refractivity contribution >= 4 is 21.1 Å². The lowest BCUT2D eigenvalue weighted by Gasteiger charge is -2.43. The largest absolute Gasteiger partial charge is 0.360 e. The second-order valence-electron chi connectivity index (χ2n) is 12.9. The number of aromatic nitrogens is 3. The molecule has 216 valence electrons. The van der Waals surface area contributed by atoms with E-state index in [1.165, 1.54) is 44.9 Å². The smallest absolute Gasteiger partial charge is 0.249 e. The summed E-state index contributed by atoms with van der Waals surface area (Å²) in [6, 6.07) is 9.12. The number of para-hydroxylation sites is 2. The molecule has 2 saturated carbocycles. The fourth-order valence-electron chi connectivity index (χ4n) is 8.60. The van der Waals surface area contributed by atoms with E-state index in [0.717, 1.165) is 73.5 Å². The molecule has 2 aliphatic heterocycles. The maximum Gasteiger partial charge on any atom is 0.249 e. The predicted molar refractivity (Wildman–Crippen MR) is 155 cm³/mol. The molecular weight excluding hydrogens is 522 g/mol. The third kappa shape index (κ3) is 4.62. The molecule has 4 aliphatic rings. The van der Waals surface area contributed by atoms with Gasteiger partial charge in [0.2, 0.25) is 10.0 Å². The van der Waals surface area contributed by atoms with Crippen molar-refractivity contribution in [2.45, 2.75) is 107 Å². The summed E-state index contributed by atoms with van der Waals surface area (Å²) in [5.41, 5.74) is 2.51. The van der Waals surface area contributed by atoms with Gasteiger partial charge in [0.15, 0.2) is 5.76 Å². The van der Waals surface area contributed by atoms with Crippen LogP contribution in [0.15, 0.2) is 33.7 Å². The topological polar surface area (TPSA) is 84.5 Å². The number of sulfonamides is 1. The van der Waals surface area contributed by atoms with Crippen LogP contribution in [0.2, 0.25) is 0 Å². The zero-order valence-corrected chi connectivity index (χ0v) is 24.8. The van der Waals surface area contributed by atoms with E-state index < -0.39 is 10.0 Å². The van der Waals surface area contributed by atoms with Gasteiger partial charge in [0.05, 0.1) is 17.1 Å². The number of hydrogen-bond acceptors (Lipinski definition) is 6. The van der Waals surface area contributed by atoms with Crippen molar-refractivity contribution in [3.8, 4) is 0 Å². The van der Waals surface area contributed by atoms with E-state index in [4.69, 9.17) is 9.51 Å². The predicted octanol–water partition coefficient (Wildman–Crippen LogP) is 6.16. The van der Waals surface area contributed by atoms with Gasteiger partial charge in [-0.25, -0.2) is 13.4 Å². The Bertz CT molecular complexity index is 1440. The molecule has 0 radical (unpaired) electrons. The van der Waals surface area contributed by atoms with Crippen molar-refractivity contribution in [3.63, 3.8) is 0 Å². The van der Waals surface area contributed by atoms with E-state index >= 15 is 0 Å². The monoisotopic (exact) mass is 565 g/mol. The van der Waals surface area contributed by atoms with E-state index in [9.17, 15) is 8.42 Å². The number of rotatable bonds is 5. The highest BCUT2D eigenvalue weighted by Crippen LogP contribution is 2.43. The number of fused-ring (bicyclic) bond motifs is 3. The highest BCUT2D eigenvalue weighted by molar-refractivity contribution is 7.89. The minimum absolute atomic E-state index is 0.211. The number of nitrogens with zero attached hydrogens (tertiary/aromatic N) is 5. The first-order chi connectivity index (χ1) is 19.4. The molecule has 2 aliphatic carbocycles. The Morgan fingerprint density at radius 2 is 1.57 bits per heavy atom. The first-order valence-electron chi connectivity index (χ1n) is 15.6. The molecule has 3 aromatic rings. The van der Waals surface area contributed by atoms with Gasteiger partial charge >= 0.3 is 0 Å². The molecule has 1 aromatic carbocycles. The molecule has 8 nitrogen and oxygen atoms in total. The Balaban J connectivity index is 1.17. The molecule has 1 unspecified atom stereocenters. The Morgan fingerprint density at radius 3 is 2.27 bits per heavy atom. The van der Waals surface area contributed by atoms with Gasteiger partial charge in [0.25, 0.3) is 0 Å². The quantitative estimate of drug-likeness (QED) is 0.368. The molecule has 4 fully saturated rings. The maximum atomic E-state index is 13.9. The number of hydrogen-bond donors (Lipinski definition) is 0. The second-order valence-corrected chi connectivity index (χ2v) is 14.7. The highest BCUT2D eigenvalue weighted by Gasteiger charge is 2.43. The van der Waals surface area contributed by atoms with Crippen LogP contribution in [0.1, 0.15) is 100.0 Å². The molecule has 2 saturated heterocycles. The molecule has 0 spiro atoms. The van der Waals surface area contributed by atoms with Crippen molar-refractivity contribution in [3.05, 3.63) is 41.5 Å². The minimum atomic E-state index is -3.76. The normalized spacial score (nSPS) is 29.2. The molecule has 4 heterocycles. The number of imidazole rings is 1. The summed E-state index contributed by atoms with van der Waals surface area (Å²) >= 11 is 0. The van der Waals surface area contributed by atoms with Crippen molar-refractivity contribution in [1.29, 1.82) is 0 Å². The number of piperidine rings is 1. The first-order valence-corrected chi connectivity index (χ1v) is 17.0. The van der Waals surface area contributed by atoms with Gasteiger partial charge in [0, 0.05) is 31.7 Å². The fraction of sp³-hybridized carbons (Fsp3) is 0.677. The van der Waals surface area contributed by atoms with Gasteiger partial charge in [-0.1, -0.05) is 43.0 Å². The summed E-state index contributed by atoms with van der Waals surface area (Å²) in [6.45, 7) is 6.11. The van der Waals surface area contributed by atoms with Gasteiger partial charge in [-0.05, 0) is 82.8 Å². The molecule has 0 amide bonds. The number of aryl methyl sites for hydroxylation is 2. The van der Waals surface area contributed by atoms with Crippen LogP contribution in [0.3, 0.4) is 0 Å². The minimum Gasteiger partial charge on any atom is -0.360 e. The molecule has 4 atom stereocenters. The van der Waals surface area contributed by atoms with Gasteiger partial charge < -0.3 is 14.0 Å². The first kappa shape index (κ1) is 26.7. The van der Waals surface area contributed by atoms with Crippen molar-refractivity contribution in [2.24, 2.45) is 11.8 Å². The zero-order valence-electron chi connectivity index (χ0n) is 24.0. The summed E-state index contributed by atoms with van der Waals surface area (Å²) in [5.74, 6) is 3.12. The van der Waals surface area contributed by atoms with Crippen LogP contribution in [-0.4, -0.2) is 58.0 Å². The summed E-state index contributed by atoms with van der Waals surface area (Å²) < 4.78 is 37.2. The molecular formula is C31H43N5O3S. The molecule has 9 heteroatoms. The third-order valence-electron chi connectivity index (χ3n) is 10.4. The SMILES string of the molecule is Cc1noc(C)c1S(=O)(=O)N1CCC[C@@H]1c1nc2ccccc2n1C1CCN(C2C[C@H]3CCCC[C@@H](C2)C3)CC1. The van der Waals surface area contributed by atoms with Crippen LogP contribution >= 0.6 is 0 Å². The lowest BCUT2D eigenvalue weighted by atomic mass is 9.77. The van der Waals surface area contributed by atoms with Crippen molar-refractivity contribution in [1.82, 2.24) is 23.9 Å². The maximum absolute atomic E-state index is 13.9. The Hall–Kier alpha value is -2.23. The Kier molecular flexibility index (Phi) is 7.03. The summed E-state index contributed by atoms with van der Waals surface area (Å²) in [7, 11) is -3.76. The average molecular weight is 566 g/mol. The Morgan fingerprint density at radius 1 is 0.850 bits per heavy atom. The van der Waals surface area contributed by atoms with Crippen LogP contribution in [0, 0.1) is 25.7 Å². The van der Waals surface area contributed by atoms with Crippen LogP contribution in [0.5, 0.6) is 0 Å². The zero-order chi connectivity index (χ0) is 27.4. The summed E-state index contributed by atoms with van der Waals surface area (Å²) in [4.78, 5) is 8.13. The number of benzene rings is 1. The molecule has 0 N–H and O–H groups in total. The number of likely N-dealkylation sites (tertiary alicyclic amines) is 1. The van der Waals surface area contributed by atoms with Crippen LogP contribution in [0.25, 0.3) is 11.0 Å². The molecule has 2 bridgehead atoms. The van der Waals surface area contributed by atoms with Crippen LogP contribution in [0.4, 0.5) is 0 Å². The van der Waals surface area contributed by atoms with Gasteiger partial charge in [-0.15, -0.1) is 0 Å². The van der Waals surface area contributed by atoms with Crippen LogP contribution < -0.4 is 0 Å². The standard InChI is InChI=1S/C31H43N5O3S/c1-21-30(22(2)39-33-21)40(37,38)35-15-7-12-29(35)31-32-27-10-5-6-11-28(27)36(31)25-13-16-34(17-14-25)26-19-23-8-3-4-9-24(18-23)20-26/h5-6,10-11,23-26,29H,3-4,7-9,12-20H2,1-2H3/t23-,24+,26?,29-/m1/s1. The fourth-order valence-corrected chi connectivity index (χ4v) is 10.6. The second kappa shape index (κ2) is 10.6. The van der Waals surface area contributed by atoms with E-state index in [1.807, 2.05) is 6.07 Å². The lowest BCUT2D eigenvalue weighted by Crippen LogP contribution is -2.45. The Labute approximate surface area is 238 Å². The summed E-state index contributed by atoms with van der Waals surface area (Å²) in [6.07, 6.45) is 13.7. The molecule has 40 heavy (non-hydrogen) atoms. The molecule has 2 aromatic heterocycles. The van der Waals surface area contributed by atoms with Crippen molar-refractivity contribution in [2.75, 3.05) is 19.6 Å². The van der Waals surface area contributed by atoms with E-state index in [2.05, 4.69) is 32.8 Å². The van der Waals surface area contributed by atoms with Gasteiger partial charge in [-0.3, -0.25) is 0 Å². The molecule has 7 rings (SSSR count). The van der Waals surface area contributed by atoms with Crippen molar-refractivity contribution < 1.29 is 12.9 Å². The summed E-state index contributed by atoms with van der Waals surface area (Å²) in [5, 5.41) is 3.94. The van der Waals surface area contributed by atoms with E-state index in [1.54, 1.807) is 18.2 Å². The highest BCUT2D eigenvalue weighted by atomic mass is 32.2. The van der Waals surface area contributed by atoms with Gasteiger partial charge in [-0.2, -0.15) is 4.31 Å². The lowest BCUT2D eigenvalue weighted by molar-refractivity contribution is 0.0709. The van der Waals surface area contributed by atoms with E-state index in [-0.39, 0.29) is 10.9 Å². The van der Waals surface area contributed by atoms with Gasteiger partial charge in [0.1, 0.15) is 16.4 Å². The van der Waals surface area contributed by atoms with E-state index in [0.29, 0.717) is 24.0 Å². The van der Waals surface area contributed by atoms with Crippen LogP contribution in [-0.2, 0) is 10.0 Å².